The number of hydrogen-bond donors (Lipinski definition) is 1. The van der Waals surface area contributed by atoms with Gasteiger partial charge < -0.3 is 10.1 Å². The minimum atomic E-state index is 0.603. The van der Waals surface area contributed by atoms with Crippen molar-refractivity contribution in [2.45, 2.75) is 38.5 Å². The highest BCUT2D eigenvalue weighted by Crippen LogP contribution is 2.34. The molecule has 3 heteroatoms. The maximum atomic E-state index is 5.96. The molecule has 0 aliphatic heterocycles. The molecule has 0 spiro atoms. The van der Waals surface area contributed by atoms with E-state index in [2.05, 4.69) is 34.6 Å². The van der Waals surface area contributed by atoms with Crippen LogP contribution in [0.25, 0.3) is 5.52 Å². The summed E-state index contributed by atoms with van der Waals surface area (Å²) in [6.45, 7) is 2.11. The number of nitrogen functional groups attached to an aromatic ring is 1. The van der Waals surface area contributed by atoms with E-state index in [0.717, 1.165) is 11.3 Å². The first kappa shape index (κ1) is 9.70. The average molecular weight is 215 g/mol. The van der Waals surface area contributed by atoms with E-state index < -0.39 is 0 Å². The molecule has 1 fully saturated rings. The number of anilines is 1. The van der Waals surface area contributed by atoms with Crippen molar-refractivity contribution in [3.63, 3.8) is 0 Å². The molecular weight excluding hydrogens is 198 g/mol. The number of aromatic nitrogens is 2. The van der Waals surface area contributed by atoms with Gasteiger partial charge in [0.25, 0.3) is 0 Å². The molecule has 1 saturated carbocycles. The Morgan fingerprint density at radius 2 is 2.06 bits per heavy atom. The summed E-state index contributed by atoms with van der Waals surface area (Å²) in [7, 11) is 0. The molecule has 2 aromatic rings. The quantitative estimate of drug-likeness (QED) is 0.794. The van der Waals surface area contributed by atoms with Crippen LogP contribution in [0.1, 0.15) is 43.0 Å². The molecule has 16 heavy (non-hydrogen) atoms. The second kappa shape index (κ2) is 3.51. The minimum absolute atomic E-state index is 0.603. The topological polar surface area (TPSA) is 43.3 Å². The summed E-state index contributed by atoms with van der Waals surface area (Å²) in [4.78, 5) is 4.55. The molecule has 0 atom stereocenters. The lowest BCUT2D eigenvalue weighted by atomic mass is 10.1. The van der Waals surface area contributed by atoms with Crippen molar-refractivity contribution in [3.05, 3.63) is 29.7 Å². The van der Waals surface area contributed by atoms with Crippen LogP contribution in [0, 0.1) is 6.92 Å². The Labute approximate surface area is 95.3 Å². The van der Waals surface area contributed by atoms with Gasteiger partial charge in [-0.15, -0.1) is 0 Å². The van der Waals surface area contributed by atoms with Gasteiger partial charge in [-0.25, -0.2) is 4.98 Å². The third kappa shape index (κ3) is 1.39. The molecule has 2 aromatic heterocycles. The fourth-order valence-electron chi connectivity index (χ4n) is 2.71. The SMILES string of the molecule is Cc1ccc2c(N)nc(C3CCCC3)n2c1. The van der Waals surface area contributed by atoms with Gasteiger partial charge >= 0.3 is 0 Å². The zero-order valence-corrected chi connectivity index (χ0v) is 9.61. The van der Waals surface area contributed by atoms with Crippen molar-refractivity contribution in [3.8, 4) is 0 Å². The average Bonchev–Trinajstić information content (AvgIpc) is 2.86. The first-order valence-electron chi connectivity index (χ1n) is 6.00. The molecule has 0 amide bonds. The number of rotatable bonds is 1. The molecule has 2 N–H and O–H groups in total. The monoisotopic (exact) mass is 215 g/mol. The van der Waals surface area contributed by atoms with Crippen molar-refractivity contribution >= 4 is 11.3 Å². The van der Waals surface area contributed by atoms with E-state index in [0.29, 0.717) is 11.7 Å². The molecule has 2 heterocycles. The first-order chi connectivity index (χ1) is 7.75. The standard InChI is InChI=1S/C13H17N3/c1-9-6-7-11-12(14)15-13(16(11)8-9)10-4-2-3-5-10/h6-8,10H,2-5,14H2,1H3. The van der Waals surface area contributed by atoms with Gasteiger partial charge in [0.2, 0.25) is 0 Å². The number of nitrogens with two attached hydrogens (primary N) is 1. The van der Waals surface area contributed by atoms with E-state index in [1.165, 1.54) is 31.2 Å². The van der Waals surface area contributed by atoms with Crippen LogP contribution >= 0.6 is 0 Å². The Morgan fingerprint density at radius 3 is 2.81 bits per heavy atom. The van der Waals surface area contributed by atoms with E-state index >= 15 is 0 Å². The fraction of sp³-hybridized carbons (Fsp3) is 0.462. The maximum Gasteiger partial charge on any atom is 0.149 e. The van der Waals surface area contributed by atoms with Gasteiger partial charge in [0, 0.05) is 12.1 Å². The van der Waals surface area contributed by atoms with Crippen LogP contribution in [0.5, 0.6) is 0 Å². The molecule has 1 aliphatic carbocycles. The molecule has 0 unspecified atom stereocenters. The third-order valence-corrected chi connectivity index (χ3v) is 3.56. The van der Waals surface area contributed by atoms with Crippen LogP contribution in [-0.4, -0.2) is 9.38 Å². The number of pyridine rings is 1. The summed E-state index contributed by atoms with van der Waals surface area (Å²) in [5.74, 6) is 2.43. The maximum absolute atomic E-state index is 5.96. The molecule has 3 nitrogen and oxygen atoms in total. The summed E-state index contributed by atoms with van der Waals surface area (Å²) in [6.07, 6.45) is 7.31. The first-order valence-corrected chi connectivity index (χ1v) is 6.00. The highest BCUT2D eigenvalue weighted by atomic mass is 15.1. The van der Waals surface area contributed by atoms with Gasteiger partial charge in [0.05, 0.1) is 5.52 Å². The molecule has 0 bridgehead atoms. The molecular formula is C13H17N3. The molecule has 0 saturated heterocycles. The van der Waals surface area contributed by atoms with Gasteiger partial charge in [0.15, 0.2) is 0 Å². The van der Waals surface area contributed by atoms with Gasteiger partial charge in [-0.05, 0) is 31.4 Å². The van der Waals surface area contributed by atoms with Gasteiger partial charge in [-0.3, -0.25) is 0 Å². The minimum Gasteiger partial charge on any atom is -0.382 e. The van der Waals surface area contributed by atoms with Gasteiger partial charge in [0.1, 0.15) is 11.6 Å². The zero-order chi connectivity index (χ0) is 11.1. The summed E-state index contributed by atoms with van der Waals surface area (Å²) in [6, 6.07) is 4.15. The molecule has 1 aliphatic rings. The lowest BCUT2D eigenvalue weighted by molar-refractivity contribution is 0.665. The highest BCUT2D eigenvalue weighted by Gasteiger charge is 2.22. The van der Waals surface area contributed by atoms with Crippen LogP contribution in [0.15, 0.2) is 18.3 Å². The summed E-state index contributed by atoms with van der Waals surface area (Å²) in [5, 5.41) is 0. The lowest BCUT2D eigenvalue weighted by Crippen LogP contribution is -2.00. The van der Waals surface area contributed by atoms with Crippen LogP contribution in [0.2, 0.25) is 0 Å². The van der Waals surface area contributed by atoms with E-state index in [9.17, 15) is 0 Å². The molecule has 3 rings (SSSR count). The molecule has 0 radical (unpaired) electrons. The number of nitrogens with zero attached hydrogens (tertiary/aromatic N) is 2. The second-order valence-corrected chi connectivity index (χ2v) is 4.80. The number of fused-ring (bicyclic) bond motifs is 1. The normalized spacial score (nSPS) is 17.3. The highest BCUT2D eigenvalue weighted by molar-refractivity contribution is 5.67. The molecule has 84 valence electrons. The Hall–Kier alpha value is -1.51. The Kier molecular flexibility index (Phi) is 2.13. The van der Waals surface area contributed by atoms with Crippen LogP contribution < -0.4 is 5.73 Å². The second-order valence-electron chi connectivity index (χ2n) is 4.80. The Bertz CT molecular complexity index is 521. The predicted molar refractivity (Wildman–Crippen MR) is 65.6 cm³/mol. The number of aryl methyl sites for hydroxylation is 1. The molecule has 0 aromatic carbocycles. The predicted octanol–water partition coefficient (Wildman–Crippen LogP) is 2.88. The third-order valence-electron chi connectivity index (χ3n) is 3.56. The van der Waals surface area contributed by atoms with Crippen molar-refractivity contribution in [1.29, 1.82) is 0 Å². The van der Waals surface area contributed by atoms with Gasteiger partial charge in [-0.1, -0.05) is 18.9 Å². The zero-order valence-electron chi connectivity index (χ0n) is 9.61. The van der Waals surface area contributed by atoms with E-state index in [4.69, 9.17) is 5.73 Å². The van der Waals surface area contributed by atoms with E-state index in [-0.39, 0.29) is 0 Å². The lowest BCUT2D eigenvalue weighted by Gasteiger charge is -2.07. The van der Waals surface area contributed by atoms with E-state index in [1.54, 1.807) is 0 Å². The fourth-order valence-corrected chi connectivity index (χ4v) is 2.71. The largest absolute Gasteiger partial charge is 0.382 e. The summed E-state index contributed by atoms with van der Waals surface area (Å²) in [5.41, 5.74) is 8.27. The number of hydrogen-bond acceptors (Lipinski definition) is 2. The summed E-state index contributed by atoms with van der Waals surface area (Å²) >= 11 is 0. The van der Waals surface area contributed by atoms with Gasteiger partial charge in [-0.2, -0.15) is 0 Å². The van der Waals surface area contributed by atoms with Crippen LogP contribution in [0.4, 0.5) is 5.82 Å². The van der Waals surface area contributed by atoms with Crippen molar-refractivity contribution in [2.24, 2.45) is 0 Å². The summed E-state index contributed by atoms with van der Waals surface area (Å²) < 4.78 is 2.18. The number of imidazole rings is 1. The van der Waals surface area contributed by atoms with Crippen molar-refractivity contribution in [2.75, 3.05) is 5.73 Å². The van der Waals surface area contributed by atoms with Crippen molar-refractivity contribution < 1.29 is 0 Å². The Balaban J connectivity index is 2.19. The van der Waals surface area contributed by atoms with E-state index in [1.807, 2.05) is 0 Å². The van der Waals surface area contributed by atoms with Crippen LogP contribution in [-0.2, 0) is 0 Å². The smallest absolute Gasteiger partial charge is 0.149 e. The Morgan fingerprint density at radius 1 is 1.31 bits per heavy atom. The van der Waals surface area contributed by atoms with Crippen molar-refractivity contribution in [1.82, 2.24) is 9.38 Å². The van der Waals surface area contributed by atoms with Crippen LogP contribution in [0.3, 0.4) is 0 Å².